The molecular weight excluding hydrogens is 257 g/mol. The van der Waals surface area contributed by atoms with Gasteiger partial charge in [-0.3, -0.25) is 9.88 Å². The predicted octanol–water partition coefficient (Wildman–Crippen LogP) is 2.42. The van der Waals surface area contributed by atoms with Gasteiger partial charge in [0, 0.05) is 13.7 Å². The van der Waals surface area contributed by atoms with Gasteiger partial charge < -0.3 is 9.26 Å². The first-order valence-electron chi connectivity index (χ1n) is 4.49. The standard InChI is InChI=1S/C8H17ClNO3PS/c1-8(2,3)13-7(11)5-6-10-14(9,15)12-4/h5-6H2,1-4H3,(H,10,15). The number of hydrogen-bond donors (Lipinski definition) is 1. The molecule has 0 rings (SSSR count). The van der Waals surface area contributed by atoms with E-state index in [1.54, 1.807) is 0 Å². The Labute approximate surface area is 101 Å². The van der Waals surface area contributed by atoms with Gasteiger partial charge in [-0.1, -0.05) is 0 Å². The highest BCUT2D eigenvalue weighted by Crippen LogP contribution is 2.47. The Bertz CT molecular complexity index is 267. The molecule has 15 heavy (non-hydrogen) atoms. The second-order valence-corrected chi connectivity index (χ2v) is 9.12. The zero-order valence-corrected chi connectivity index (χ0v) is 11.8. The Balaban J connectivity index is 3.79. The molecule has 0 spiro atoms. The summed E-state index contributed by atoms with van der Waals surface area (Å²) in [6.45, 7) is 5.82. The smallest absolute Gasteiger partial charge is 0.307 e. The molecule has 0 aromatic carbocycles. The molecule has 0 aromatic rings. The van der Waals surface area contributed by atoms with Gasteiger partial charge in [-0.25, -0.2) is 0 Å². The van der Waals surface area contributed by atoms with E-state index in [1.807, 2.05) is 20.8 Å². The molecule has 0 saturated heterocycles. The fraction of sp³-hybridized carbons (Fsp3) is 0.875. The lowest BCUT2D eigenvalue weighted by atomic mass is 10.2. The molecule has 0 bridgehead atoms. The van der Waals surface area contributed by atoms with Crippen molar-refractivity contribution in [2.45, 2.75) is 32.8 Å². The largest absolute Gasteiger partial charge is 0.460 e. The van der Waals surface area contributed by atoms with Crippen molar-refractivity contribution < 1.29 is 14.1 Å². The maximum Gasteiger partial charge on any atom is 0.307 e. The highest BCUT2D eigenvalue weighted by atomic mass is 35.7. The Morgan fingerprint density at radius 3 is 2.47 bits per heavy atom. The molecule has 0 aliphatic heterocycles. The topological polar surface area (TPSA) is 47.6 Å². The molecule has 1 unspecified atom stereocenters. The average Bonchev–Trinajstić information content (AvgIpc) is 2.00. The molecule has 90 valence electrons. The number of nitrogens with one attached hydrogen (secondary N) is 1. The number of rotatable bonds is 5. The minimum atomic E-state index is -2.43. The van der Waals surface area contributed by atoms with Gasteiger partial charge in [0.2, 0.25) is 5.77 Å². The monoisotopic (exact) mass is 273 g/mol. The summed E-state index contributed by atoms with van der Waals surface area (Å²) in [4.78, 5) is 11.3. The highest BCUT2D eigenvalue weighted by Gasteiger charge is 2.17. The van der Waals surface area contributed by atoms with E-state index in [2.05, 4.69) is 5.09 Å². The highest BCUT2D eigenvalue weighted by molar-refractivity contribution is 8.23. The minimum absolute atomic E-state index is 0.228. The van der Waals surface area contributed by atoms with E-state index in [4.69, 9.17) is 32.3 Å². The van der Waals surface area contributed by atoms with Gasteiger partial charge in [0.1, 0.15) is 5.60 Å². The Morgan fingerprint density at radius 1 is 1.53 bits per heavy atom. The summed E-state index contributed by atoms with van der Waals surface area (Å²) >= 11 is 10.7. The van der Waals surface area contributed by atoms with Crippen LogP contribution in [0.3, 0.4) is 0 Å². The van der Waals surface area contributed by atoms with E-state index in [0.29, 0.717) is 6.54 Å². The lowest BCUT2D eigenvalue weighted by Crippen LogP contribution is -2.25. The average molecular weight is 274 g/mol. The van der Waals surface area contributed by atoms with E-state index in [-0.39, 0.29) is 12.4 Å². The molecule has 0 saturated carbocycles. The summed E-state index contributed by atoms with van der Waals surface area (Å²) < 4.78 is 9.95. The predicted molar refractivity (Wildman–Crippen MR) is 65.6 cm³/mol. The van der Waals surface area contributed by atoms with Crippen LogP contribution in [0.5, 0.6) is 0 Å². The van der Waals surface area contributed by atoms with Gasteiger partial charge in [0.15, 0.2) is 0 Å². The molecular formula is C8H17ClNO3PS. The Morgan fingerprint density at radius 2 is 2.07 bits per heavy atom. The third-order valence-electron chi connectivity index (χ3n) is 1.28. The zero-order chi connectivity index (χ0) is 12.1. The summed E-state index contributed by atoms with van der Waals surface area (Å²) in [5.41, 5.74) is -0.459. The van der Waals surface area contributed by atoms with Crippen LogP contribution in [0.4, 0.5) is 0 Å². The summed E-state index contributed by atoms with van der Waals surface area (Å²) in [5, 5.41) is 2.79. The first-order valence-corrected chi connectivity index (χ1v) is 8.11. The van der Waals surface area contributed by atoms with E-state index in [1.165, 1.54) is 7.11 Å². The van der Waals surface area contributed by atoms with Crippen LogP contribution in [0.25, 0.3) is 0 Å². The number of halogens is 1. The van der Waals surface area contributed by atoms with Gasteiger partial charge in [0.05, 0.1) is 6.42 Å². The first kappa shape index (κ1) is 15.3. The summed E-state index contributed by atoms with van der Waals surface area (Å²) in [6.07, 6.45) is 0.228. The van der Waals surface area contributed by atoms with E-state index in [0.717, 1.165) is 0 Å². The van der Waals surface area contributed by atoms with Crippen molar-refractivity contribution in [1.82, 2.24) is 5.09 Å². The number of carbonyl (C=O) groups excluding carboxylic acids is 1. The van der Waals surface area contributed by atoms with Crippen LogP contribution < -0.4 is 5.09 Å². The van der Waals surface area contributed by atoms with Gasteiger partial charge in [-0.05, 0) is 43.8 Å². The zero-order valence-electron chi connectivity index (χ0n) is 9.37. The summed E-state index contributed by atoms with van der Waals surface area (Å²) in [6, 6.07) is 0. The number of esters is 1. The molecule has 0 aliphatic rings. The maximum absolute atomic E-state index is 11.3. The van der Waals surface area contributed by atoms with Crippen LogP contribution in [0, 0.1) is 0 Å². The Hall–Kier alpha value is 0.330. The van der Waals surface area contributed by atoms with Crippen molar-refractivity contribution in [3.63, 3.8) is 0 Å². The van der Waals surface area contributed by atoms with Crippen LogP contribution in [-0.2, 0) is 25.9 Å². The molecule has 0 aliphatic carbocycles. The summed E-state index contributed by atoms with van der Waals surface area (Å²) in [7, 11) is 1.44. The number of carbonyl (C=O) groups is 1. The fourth-order valence-electron chi connectivity index (χ4n) is 0.749. The second kappa shape index (κ2) is 6.16. The molecule has 1 N–H and O–H groups in total. The third-order valence-corrected chi connectivity index (χ3v) is 3.96. The van der Waals surface area contributed by atoms with Gasteiger partial charge >= 0.3 is 5.97 Å². The summed E-state index contributed by atoms with van der Waals surface area (Å²) in [5.74, 6) is -2.71. The molecule has 0 aromatic heterocycles. The number of ether oxygens (including phenoxy) is 1. The first-order chi connectivity index (χ1) is 6.66. The van der Waals surface area contributed by atoms with Crippen molar-refractivity contribution in [3.8, 4) is 0 Å². The molecule has 0 fully saturated rings. The van der Waals surface area contributed by atoms with Crippen molar-refractivity contribution in [3.05, 3.63) is 0 Å². The van der Waals surface area contributed by atoms with Crippen molar-refractivity contribution in [2.24, 2.45) is 0 Å². The normalized spacial score (nSPS) is 15.8. The molecule has 7 heteroatoms. The van der Waals surface area contributed by atoms with Crippen LogP contribution in [0.15, 0.2) is 0 Å². The van der Waals surface area contributed by atoms with Crippen LogP contribution in [0.1, 0.15) is 27.2 Å². The SMILES string of the molecule is COP(=S)(Cl)NCCC(=O)OC(C)(C)C. The van der Waals surface area contributed by atoms with Crippen LogP contribution in [-0.4, -0.2) is 25.2 Å². The van der Waals surface area contributed by atoms with E-state index in [9.17, 15) is 4.79 Å². The third kappa shape index (κ3) is 9.27. The van der Waals surface area contributed by atoms with Gasteiger partial charge in [-0.15, -0.1) is 0 Å². The lowest BCUT2D eigenvalue weighted by Gasteiger charge is -2.20. The van der Waals surface area contributed by atoms with Crippen LogP contribution in [0.2, 0.25) is 0 Å². The van der Waals surface area contributed by atoms with Crippen molar-refractivity contribution in [2.75, 3.05) is 13.7 Å². The van der Waals surface area contributed by atoms with Gasteiger partial charge in [-0.2, -0.15) is 0 Å². The lowest BCUT2D eigenvalue weighted by molar-refractivity contribution is -0.154. The number of hydrogen-bond acceptors (Lipinski definition) is 4. The Kier molecular flexibility index (Phi) is 6.30. The van der Waals surface area contributed by atoms with Crippen molar-refractivity contribution >= 4 is 34.8 Å². The molecule has 0 amide bonds. The maximum atomic E-state index is 11.3. The van der Waals surface area contributed by atoms with E-state index < -0.39 is 11.4 Å². The molecule has 0 radical (unpaired) electrons. The molecule has 0 heterocycles. The molecule has 4 nitrogen and oxygen atoms in total. The molecule has 1 atom stereocenters. The fourth-order valence-corrected chi connectivity index (χ4v) is 1.78. The quantitative estimate of drug-likeness (QED) is 0.616. The van der Waals surface area contributed by atoms with Crippen molar-refractivity contribution in [1.29, 1.82) is 0 Å². The van der Waals surface area contributed by atoms with Crippen LogP contribution >= 0.6 is 17.0 Å². The van der Waals surface area contributed by atoms with E-state index >= 15 is 0 Å². The minimum Gasteiger partial charge on any atom is -0.460 e. The second-order valence-electron chi connectivity index (χ2n) is 3.91. The van der Waals surface area contributed by atoms with Gasteiger partial charge in [0.25, 0.3) is 0 Å².